The summed E-state index contributed by atoms with van der Waals surface area (Å²) in [6.45, 7) is 0.0414. The molecule has 2 unspecified atom stereocenters. The summed E-state index contributed by atoms with van der Waals surface area (Å²) in [7, 11) is -2.31. The van der Waals surface area contributed by atoms with E-state index in [1.54, 1.807) is 0 Å². The Morgan fingerprint density at radius 2 is 2.05 bits per heavy atom. The molecule has 0 heterocycles. The summed E-state index contributed by atoms with van der Waals surface area (Å²) in [6.07, 6.45) is 3.89. The van der Waals surface area contributed by atoms with E-state index in [0.717, 1.165) is 6.42 Å². The molecule has 6 nitrogen and oxygen atoms in total. The summed E-state index contributed by atoms with van der Waals surface area (Å²) in [5.74, 6) is -1.05. The van der Waals surface area contributed by atoms with Gasteiger partial charge in [-0.05, 0) is 32.1 Å². The molecule has 0 aromatic rings. The Balaban J connectivity index is 2.00. The smallest absolute Gasteiger partial charge is 0.310 e. The first kappa shape index (κ1) is 14.7. The number of sulfonamides is 1. The van der Waals surface area contributed by atoms with E-state index in [9.17, 15) is 18.3 Å². The Morgan fingerprint density at radius 1 is 1.37 bits per heavy atom. The van der Waals surface area contributed by atoms with Gasteiger partial charge in [0, 0.05) is 6.54 Å². The van der Waals surface area contributed by atoms with E-state index in [2.05, 4.69) is 9.46 Å². The Hall–Kier alpha value is -0.660. The normalized spacial score (nSPS) is 29.8. The van der Waals surface area contributed by atoms with Crippen LogP contribution in [0.3, 0.4) is 0 Å². The molecular formula is C12H21NO5S. The average molecular weight is 291 g/mol. The first-order valence-corrected chi connectivity index (χ1v) is 8.21. The zero-order chi connectivity index (χ0) is 14.1. The zero-order valence-corrected chi connectivity index (χ0v) is 11.9. The molecule has 2 atom stereocenters. The zero-order valence-electron chi connectivity index (χ0n) is 11.1. The van der Waals surface area contributed by atoms with Gasteiger partial charge in [-0.1, -0.05) is 6.42 Å². The highest BCUT2D eigenvalue weighted by Crippen LogP contribution is 2.33. The predicted octanol–water partition coefficient (Wildman–Crippen LogP) is 0.162. The highest BCUT2D eigenvalue weighted by atomic mass is 32.2. The van der Waals surface area contributed by atoms with Crippen LogP contribution < -0.4 is 4.72 Å². The van der Waals surface area contributed by atoms with Crippen molar-refractivity contribution >= 4 is 16.0 Å². The van der Waals surface area contributed by atoms with E-state index in [4.69, 9.17) is 0 Å². The van der Waals surface area contributed by atoms with Crippen molar-refractivity contribution in [2.24, 2.45) is 5.92 Å². The molecule has 2 saturated carbocycles. The molecule has 0 aromatic heterocycles. The topological polar surface area (TPSA) is 92.7 Å². The number of esters is 1. The Morgan fingerprint density at radius 3 is 2.58 bits per heavy atom. The number of carbonyl (C=O) groups is 1. The highest BCUT2D eigenvalue weighted by Gasteiger charge is 2.43. The van der Waals surface area contributed by atoms with Crippen LogP contribution in [0.1, 0.15) is 38.5 Å². The Kier molecular flexibility index (Phi) is 4.17. The summed E-state index contributed by atoms with van der Waals surface area (Å²) in [6, 6.07) is 0. The minimum Gasteiger partial charge on any atom is -0.469 e. The van der Waals surface area contributed by atoms with E-state index in [-0.39, 0.29) is 6.54 Å². The minimum absolute atomic E-state index is 0.0414. The van der Waals surface area contributed by atoms with Crippen molar-refractivity contribution in [2.75, 3.05) is 13.7 Å². The van der Waals surface area contributed by atoms with Gasteiger partial charge in [0.1, 0.15) is 0 Å². The van der Waals surface area contributed by atoms with Gasteiger partial charge in [-0.15, -0.1) is 0 Å². The van der Waals surface area contributed by atoms with Gasteiger partial charge in [0.2, 0.25) is 10.0 Å². The molecule has 0 aromatic carbocycles. The largest absolute Gasteiger partial charge is 0.469 e. The standard InChI is InChI=1S/C12H21NO5S/c1-18-11(14)9-4-2-5-10(9)19(16,17)13-8-12(15)6-3-7-12/h9-10,13,15H,2-8H2,1H3. The second-order valence-corrected chi connectivity index (χ2v) is 7.53. The maximum atomic E-state index is 12.2. The van der Waals surface area contributed by atoms with Crippen molar-refractivity contribution in [2.45, 2.75) is 49.4 Å². The summed E-state index contributed by atoms with van der Waals surface area (Å²) in [4.78, 5) is 11.6. The number of nitrogens with one attached hydrogen (secondary N) is 1. The molecule has 19 heavy (non-hydrogen) atoms. The fourth-order valence-corrected chi connectivity index (χ4v) is 4.66. The van der Waals surface area contributed by atoms with Gasteiger partial charge in [-0.25, -0.2) is 13.1 Å². The van der Waals surface area contributed by atoms with Gasteiger partial charge >= 0.3 is 5.97 Å². The van der Waals surface area contributed by atoms with Crippen LogP contribution in [0.15, 0.2) is 0 Å². The van der Waals surface area contributed by atoms with Gasteiger partial charge in [0.25, 0.3) is 0 Å². The van der Waals surface area contributed by atoms with E-state index >= 15 is 0 Å². The average Bonchev–Trinajstić information content (AvgIpc) is 2.83. The molecule has 0 saturated heterocycles. The molecule has 2 aliphatic rings. The van der Waals surface area contributed by atoms with Gasteiger partial charge in [-0.2, -0.15) is 0 Å². The van der Waals surface area contributed by atoms with E-state index in [1.165, 1.54) is 7.11 Å². The Labute approximate surface area is 113 Å². The Bertz CT molecular complexity index is 443. The van der Waals surface area contributed by atoms with Crippen LogP contribution in [0.4, 0.5) is 0 Å². The lowest BCUT2D eigenvalue weighted by Gasteiger charge is -2.36. The number of hydrogen-bond acceptors (Lipinski definition) is 5. The molecule has 110 valence electrons. The van der Waals surface area contributed by atoms with Crippen LogP contribution in [-0.2, 0) is 19.6 Å². The van der Waals surface area contributed by atoms with Crippen LogP contribution >= 0.6 is 0 Å². The maximum absolute atomic E-state index is 12.2. The fraction of sp³-hybridized carbons (Fsp3) is 0.917. The molecular weight excluding hydrogens is 270 g/mol. The molecule has 7 heteroatoms. The van der Waals surface area contributed by atoms with E-state index in [0.29, 0.717) is 32.1 Å². The first-order valence-electron chi connectivity index (χ1n) is 6.67. The molecule has 2 fully saturated rings. The summed E-state index contributed by atoms with van der Waals surface area (Å²) >= 11 is 0. The second-order valence-electron chi connectivity index (χ2n) is 5.54. The lowest BCUT2D eigenvalue weighted by Crippen LogP contribution is -2.50. The fourth-order valence-electron chi connectivity index (χ4n) is 2.82. The van der Waals surface area contributed by atoms with Crippen molar-refractivity contribution < 1.29 is 23.1 Å². The first-order chi connectivity index (χ1) is 8.88. The van der Waals surface area contributed by atoms with Crippen molar-refractivity contribution in [1.82, 2.24) is 4.72 Å². The number of carbonyl (C=O) groups excluding carboxylic acids is 1. The van der Waals surface area contributed by atoms with E-state index < -0.39 is 32.8 Å². The van der Waals surface area contributed by atoms with Crippen molar-refractivity contribution in [3.8, 4) is 0 Å². The van der Waals surface area contributed by atoms with Gasteiger partial charge in [0.15, 0.2) is 0 Å². The molecule has 2 aliphatic carbocycles. The lowest BCUT2D eigenvalue weighted by atomic mass is 9.81. The molecule has 0 radical (unpaired) electrons. The third kappa shape index (κ3) is 3.09. The lowest BCUT2D eigenvalue weighted by molar-refractivity contribution is -0.145. The SMILES string of the molecule is COC(=O)C1CCCC1S(=O)(=O)NCC1(O)CCC1. The van der Waals surface area contributed by atoms with E-state index in [1.807, 2.05) is 0 Å². The molecule has 0 bridgehead atoms. The molecule has 0 amide bonds. The number of aliphatic hydroxyl groups is 1. The van der Waals surface area contributed by atoms with Crippen molar-refractivity contribution in [3.05, 3.63) is 0 Å². The predicted molar refractivity (Wildman–Crippen MR) is 68.9 cm³/mol. The van der Waals surface area contributed by atoms with Crippen LogP contribution in [-0.4, -0.2) is 44.0 Å². The van der Waals surface area contributed by atoms with Gasteiger partial charge in [-0.3, -0.25) is 4.79 Å². The van der Waals surface area contributed by atoms with Gasteiger partial charge < -0.3 is 9.84 Å². The third-order valence-electron chi connectivity index (χ3n) is 4.24. The third-order valence-corrected chi connectivity index (χ3v) is 6.15. The number of hydrogen-bond donors (Lipinski definition) is 2. The highest BCUT2D eigenvalue weighted by molar-refractivity contribution is 7.90. The molecule has 0 spiro atoms. The number of ether oxygens (including phenoxy) is 1. The number of methoxy groups -OCH3 is 1. The molecule has 0 aliphatic heterocycles. The molecule has 2 rings (SSSR count). The quantitative estimate of drug-likeness (QED) is 0.704. The van der Waals surface area contributed by atoms with Crippen molar-refractivity contribution in [3.63, 3.8) is 0 Å². The second kappa shape index (κ2) is 5.38. The number of rotatable bonds is 5. The van der Waals surface area contributed by atoms with Crippen LogP contribution in [0.5, 0.6) is 0 Å². The van der Waals surface area contributed by atoms with Crippen LogP contribution in [0.25, 0.3) is 0 Å². The summed E-state index contributed by atoms with van der Waals surface area (Å²) in [5.41, 5.74) is -0.896. The van der Waals surface area contributed by atoms with Crippen molar-refractivity contribution in [1.29, 1.82) is 0 Å². The summed E-state index contributed by atoms with van der Waals surface area (Å²) in [5, 5.41) is 9.19. The summed E-state index contributed by atoms with van der Waals surface area (Å²) < 4.78 is 31.6. The van der Waals surface area contributed by atoms with Crippen LogP contribution in [0, 0.1) is 5.92 Å². The minimum atomic E-state index is -3.58. The molecule has 2 N–H and O–H groups in total. The maximum Gasteiger partial charge on any atom is 0.310 e. The van der Waals surface area contributed by atoms with Gasteiger partial charge in [0.05, 0.1) is 23.9 Å². The van der Waals surface area contributed by atoms with Crippen LogP contribution in [0.2, 0.25) is 0 Å². The monoisotopic (exact) mass is 291 g/mol.